The van der Waals surface area contributed by atoms with Gasteiger partial charge in [0.25, 0.3) is 0 Å². The summed E-state index contributed by atoms with van der Waals surface area (Å²) in [5, 5.41) is 3.63. The molecular weight excluding hydrogens is 276 g/mol. The molecule has 0 spiro atoms. The molecule has 0 aliphatic heterocycles. The quantitative estimate of drug-likeness (QED) is 0.898. The van der Waals surface area contributed by atoms with Crippen molar-refractivity contribution < 1.29 is 0 Å². The number of hydrogen-bond donors (Lipinski definition) is 1. The van der Waals surface area contributed by atoms with Crippen LogP contribution in [0.2, 0.25) is 0 Å². The summed E-state index contributed by atoms with van der Waals surface area (Å²) in [6, 6.07) is 7.76. The third kappa shape index (κ3) is 3.54. The summed E-state index contributed by atoms with van der Waals surface area (Å²) in [7, 11) is 4.30. The van der Waals surface area contributed by atoms with E-state index in [2.05, 4.69) is 65.4 Å². The Hall–Kier alpha value is -0.380. The van der Waals surface area contributed by atoms with E-state index in [0.29, 0.717) is 6.04 Å². The first-order valence-corrected chi connectivity index (χ1v) is 7.03. The zero-order chi connectivity index (χ0) is 12.4. The minimum absolute atomic E-state index is 0.452. The van der Waals surface area contributed by atoms with Crippen LogP contribution in [0, 0.1) is 6.92 Å². The number of nitrogens with zero attached hydrogens (tertiary/aromatic N) is 1. The summed E-state index contributed by atoms with van der Waals surface area (Å²) in [6.07, 6.45) is 2.69. The van der Waals surface area contributed by atoms with Crippen LogP contribution in [-0.4, -0.2) is 31.6 Å². The molecule has 94 valence electrons. The van der Waals surface area contributed by atoms with E-state index in [-0.39, 0.29) is 0 Å². The Bertz CT molecular complexity index is 386. The molecule has 1 fully saturated rings. The molecular formula is C14H21BrN2. The van der Waals surface area contributed by atoms with Gasteiger partial charge in [0.2, 0.25) is 0 Å². The number of benzene rings is 1. The van der Waals surface area contributed by atoms with Crippen LogP contribution in [0.3, 0.4) is 0 Å². The average Bonchev–Trinajstić information content (AvgIpc) is 3.06. The molecule has 1 unspecified atom stereocenters. The third-order valence-corrected chi connectivity index (χ3v) is 3.89. The van der Waals surface area contributed by atoms with E-state index in [0.717, 1.165) is 17.1 Å². The van der Waals surface area contributed by atoms with Gasteiger partial charge in [-0.15, -0.1) is 0 Å². The summed E-state index contributed by atoms with van der Waals surface area (Å²) in [6.45, 7) is 3.23. The highest BCUT2D eigenvalue weighted by Gasteiger charge is 2.23. The smallest absolute Gasteiger partial charge is 0.0469 e. The van der Waals surface area contributed by atoms with Crippen molar-refractivity contribution in [2.45, 2.75) is 31.8 Å². The van der Waals surface area contributed by atoms with Crippen molar-refractivity contribution in [3.63, 3.8) is 0 Å². The number of halogens is 1. The minimum atomic E-state index is 0.452. The third-order valence-electron chi connectivity index (χ3n) is 3.40. The lowest BCUT2D eigenvalue weighted by molar-refractivity contribution is 0.287. The molecule has 0 radical (unpaired) electrons. The van der Waals surface area contributed by atoms with E-state index < -0.39 is 0 Å². The van der Waals surface area contributed by atoms with Gasteiger partial charge in [-0.2, -0.15) is 0 Å². The topological polar surface area (TPSA) is 15.3 Å². The lowest BCUT2D eigenvalue weighted by atomic mass is 10.0. The van der Waals surface area contributed by atoms with Gasteiger partial charge in [-0.1, -0.05) is 22.0 Å². The molecule has 0 aromatic heterocycles. The fourth-order valence-electron chi connectivity index (χ4n) is 2.11. The normalized spacial score (nSPS) is 17.5. The standard InChI is InChI=1S/C14H21BrN2/c1-10-4-5-11(15)8-13(10)14(17(2)3)9-16-12-6-7-12/h4-5,8,12,14,16H,6-7,9H2,1-3H3. The number of likely N-dealkylation sites (N-methyl/N-ethyl adjacent to an activating group) is 1. The molecule has 1 saturated carbocycles. The minimum Gasteiger partial charge on any atom is -0.312 e. The highest BCUT2D eigenvalue weighted by molar-refractivity contribution is 9.10. The fraction of sp³-hybridized carbons (Fsp3) is 0.571. The molecule has 1 atom stereocenters. The van der Waals surface area contributed by atoms with Crippen LogP contribution in [0.5, 0.6) is 0 Å². The second-order valence-corrected chi connectivity index (χ2v) is 6.08. The Morgan fingerprint density at radius 3 is 2.71 bits per heavy atom. The zero-order valence-corrected chi connectivity index (χ0v) is 12.4. The molecule has 2 rings (SSSR count). The first kappa shape index (κ1) is 13.1. The van der Waals surface area contributed by atoms with Crippen LogP contribution < -0.4 is 5.32 Å². The first-order chi connectivity index (χ1) is 8.08. The van der Waals surface area contributed by atoms with Crippen molar-refractivity contribution in [2.75, 3.05) is 20.6 Å². The van der Waals surface area contributed by atoms with Crippen molar-refractivity contribution >= 4 is 15.9 Å². The van der Waals surface area contributed by atoms with Crippen LogP contribution in [-0.2, 0) is 0 Å². The molecule has 17 heavy (non-hydrogen) atoms. The summed E-state index contributed by atoms with van der Waals surface area (Å²) in [5.41, 5.74) is 2.78. The predicted octanol–water partition coefficient (Wildman–Crippen LogP) is 3.11. The molecule has 1 aromatic carbocycles. The molecule has 3 heteroatoms. The summed E-state index contributed by atoms with van der Waals surface area (Å²) >= 11 is 3.57. The van der Waals surface area contributed by atoms with Gasteiger partial charge in [-0.3, -0.25) is 0 Å². The summed E-state index contributed by atoms with van der Waals surface area (Å²) < 4.78 is 1.16. The number of hydrogen-bond acceptors (Lipinski definition) is 2. The van der Waals surface area contributed by atoms with Gasteiger partial charge in [0.1, 0.15) is 0 Å². The van der Waals surface area contributed by atoms with Gasteiger partial charge in [-0.05, 0) is 57.1 Å². The van der Waals surface area contributed by atoms with E-state index in [1.165, 1.54) is 24.0 Å². The Labute approximate surface area is 113 Å². The maximum atomic E-state index is 3.63. The monoisotopic (exact) mass is 296 g/mol. The molecule has 0 bridgehead atoms. The van der Waals surface area contributed by atoms with Crippen molar-refractivity contribution in [2.24, 2.45) is 0 Å². The van der Waals surface area contributed by atoms with Crippen LogP contribution in [0.1, 0.15) is 30.0 Å². The number of nitrogens with one attached hydrogen (secondary N) is 1. The zero-order valence-electron chi connectivity index (χ0n) is 10.8. The molecule has 2 nitrogen and oxygen atoms in total. The summed E-state index contributed by atoms with van der Waals surface area (Å²) in [4.78, 5) is 2.30. The largest absolute Gasteiger partial charge is 0.312 e. The molecule has 0 saturated heterocycles. The second-order valence-electron chi connectivity index (χ2n) is 5.16. The van der Waals surface area contributed by atoms with Gasteiger partial charge < -0.3 is 10.2 Å². The Morgan fingerprint density at radius 2 is 2.12 bits per heavy atom. The highest BCUT2D eigenvalue weighted by atomic mass is 79.9. The average molecular weight is 297 g/mol. The van der Waals surface area contributed by atoms with Crippen LogP contribution in [0.4, 0.5) is 0 Å². The maximum Gasteiger partial charge on any atom is 0.0469 e. The van der Waals surface area contributed by atoms with E-state index in [4.69, 9.17) is 0 Å². The molecule has 0 heterocycles. The summed E-state index contributed by atoms with van der Waals surface area (Å²) in [5.74, 6) is 0. The fourth-order valence-corrected chi connectivity index (χ4v) is 2.49. The van der Waals surface area contributed by atoms with Gasteiger partial charge >= 0.3 is 0 Å². The SMILES string of the molecule is Cc1ccc(Br)cc1C(CNC1CC1)N(C)C. The van der Waals surface area contributed by atoms with Gasteiger partial charge in [0, 0.05) is 23.1 Å². The van der Waals surface area contributed by atoms with E-state index >= 15 is 0 Å². The predicted molar refractivity (Wildman–Crippen MR) is 76.3 cm³/mol. The van der Waals surface area contributed by atoms with Crippen LogP contribution in [0.15, 0.2) is 22.7 Å². The van der Waals surface area contributed by atoms with Gasteiger partial charge in [-0.25, -0.2) is 0 Å². The van der Waals surface area contributed by atoms with Crippen molar-refractivity contribution in [1.82, 2.24) is 10.2 Å². The molecule has 1 aromatic rings. The maximum absolute atomic E-state index is 3.63. The second kappa shape index (κ2) is 5.51. The van der Waals surface area contributed by atoms with Crippen molar-refractivity contribution in [3.8, 4) is 0 Å². The number of rotatable bonds is 5. The molecule has 1 aliphatic rings. The van der Waals surface area contributed by atoms with E-state index in [1.807, 2.05) is 0 Å². The lowest BCUT2D eigenvalue weighted by Crippen LogP contribution is -2.32. The highest BCUT2D eigenvalue weighted by Crippen LogP contribution is 2.26. The van der Waals surface area contributed by atoms with Crippen molar-refractivity contribution in [1.29, 1.82) is 0 Å². The van der Waals surface area contributed by atoms with Gasteiger partial charge in [0.05, 0.1) is 0 Å². The van der Waals surface area contributed by atoms with Gasteiger partial charge in [0.15, 0.2) is 0 Å². The number of aryl methyl sites for hydroxylation is 1. The first-order valence-electron chi connectivity index (χ1n) is 6.24. The van der Waals surface area contributed by atoms with E-state index in [9.17, 15) is 0 Å². The van der Waals surface area contributed by atoms with Crippen molar-refractivity contribution in [3.05, 3.63) is 33.8 Å². The molecule has 1 N–H and O–H groups in total. The van der Waals surface area contributed by atoms with Crippen LogP contribution >= 0.6 is 15.9 Å². The Balaban J connectivity index is 2.14. The molecule has 1 aliphatic carbocycles. The molecule has 0 amide bonds. The Morgan fingerprint density at radius 1 is 1.41 bits per heavy atom. The Kier molecular flexibility index (Phi) is 4.23. The lowest BCUT2D eigenvalue weighted by Gasteiger charge is -2.27. The van der Waals surface area contributed by atoms with Crippen LogP contribution in [0.25, 0.3) is 0 Å². The van der Waals surface area contributed by atoms with E-state index in [1.54, 1.807) is 0 Å².